The van der Waals surface area contributed by atoms with Gasteiger partial charge >= 0.3 is 102 Å². The standard InChI is InChI=1S/3Co.3Mn.4N/q6*+2;4*-3. The summed E-state index contributed by atoms with van der Waals surface area (Å²) in [5, 5.41) is 0. The van der Waals surface area contributed by atoms with Crippen LogP contribution in [-0.2, 0) is 102 Å². The molecule has 0 aromatic heterocycles. The molecule has 4 nitrogen and oxygen atoms in total. The largest absolute Gasteiger partial charge is 3.00 e. The average Bonchev–Trinajstić information content (AvgIpc) is 0. The first-order valence-corrected chi connectivity index (χ1v) is 0. The normalized spacial score (nSPS) is 0. The Hall–Kier alpha value is 2.92. The van der Waals surface area contributed by atoms with Crippen molar-refractivity contribution in [3.63, 3.8) is 0 Å². The molecule has 0 aliphatic rings. The van der Waals surface area contributed by atoms with Gasteiger partial charge in [-0.25, -0.2) is 0 Å². The van der Waals surface area contributed by atoms with Gasteiger partial charge in [-0.2, -0.15) is 0 Å². The number of rotatable bonds is 0. The SMILES string of the molecule is [Co+2].[Co+2].[Co+2].[Mn+2].[Mn+2].[Mn+2].[N-3].[N-3].[N-3].[N-3]. The van der Waals surface area contributed by atoms with Crippen LogP contribution in [0.2, 0.25) is 0 Å². The van der Waals surface area contributed by atoms with Crippen molar-refractivity contribution in [3.8, 4) is 0 Å². The Balaban J connectivity index is 0. The summed E-state index contributed by atoms with van der Waals surface area (Å²) in [6, 6.07) is 0. The van der Waals surface area contributed by atoms with E-state index < -0.39 is 0 Å². The van der Waals surface area contributed by atoms with E-state index in [1.165, 1.54) is 0 Å². The van der Waals surface area contributed by atoms with Crippen molar-refractivity contribution in [1.29, 1.82) is 0 Å². The van der Waals surface area contributed by atoms with Crippen LogP contribution in [0.4, 0.5) is 0 Å². The van der Waals surface area contributed by atoms with Crippen LogP contribution in [0.25, 0.3) is 24.6 Å². The summed E-state index contributed by atoms with van der Waals surface area (Å²) in [5.41, 5.74) is 0. The molecule has 0 amide bonds. The Bertz CT molecular complexity index is 15.7. The van der Waals surface area contributed by atoms with Crippen LogP contribution in [0.15, 0.2) is 0 Å². The fourth-order valence-electron chi connectivity index (χ4n) is 0. The van der Waals surface area contributed by atoms with Crippen LogP contribution in [0.3, 0.4) is 0 Å². The third kappa shape index (κ3) is 126. The van der Waals surface area contributed by atoms with E-state index in [4.69, 9.17) is 0 Å². The molecule has 10 heteroatoms. The molecule has 0 rings (SSSR count). The van der Waals surface area contributed by atoms with E-state index in [1.807, 2.05) is 0 Å². The van der Waals surface area contributed by atoms with Crippen LogP contribution in [-0.4, -0.2) is 0 Å². The van der Waals surface area contributed by atoms with Gasteiger partial charge in [0.05, 0.1) is 0 Å². The molecule has 0 spiro atoms. The van der Waals surface area contributed by atoms with Crippen molar-refractivity contribution in [3.05, 3.63) is 24.6 Å². The fraction of sp³-hybridized carbons (Fsp3) is 0. The first-order chi connectivity index (χ1) is 0. The predicted molar refractivity (Wildman–Crippen MR) is 13.4 cm³/mol. The summed E-state index contributed by atoms with van der Waals surface area (Å²) < 4.78 is 0. The second-order valence-corrected chi connectivity index (χ2v) is 0. The van der Waals surface area contributed by atoms with Crippen LogP contribution in [0.5, 0.6) is 0 Å². The van der Waals surface area contributed by atoms with Gasteiger partial charge < -0.3 is 24.6 Å². The Morgan fingerprint density at radius 2 is 0.300 bits per heavy atom. The molecule has 0 bridgehead atoms. The summed E-state index contributed by atoms with van der Waals surface area (Å²) >= 11 is 0. The first kappa shape index (κ1) is 215. The molecule has 0 saturated heterocycles. The van der Waals surface area contributed by atoms with Crippen LogP contribution in [0, 0.1) is 0 Å². The third-order valence-electron chi connectivity index (χ3n) is 0. The maximum Gasteiger partial charge on any atom is 2.00 e. The van der Waals surface area contributed by atoms with E-state index in [0.29, 0.717) is 0 Å². The molecule has 0 aromatic rings. The zero-order valence-corrected chi connectivity index (χ0v) is 10.6. The van der Waals surface area contributed by atoms with Crippen molar-refractivity contribution in [2.24, 2.45) is 0 Å². The van der Waals surface area contributed by atoms with Crippen LogP contribution in [0.1, 0.15) is 0 Å². The quantitative estimate of drug-likeness (QED) is 0.544. The maximum atomic E-state index is 0. The summed E-state index contributed by atoms with van der Waals surface area (Å²) in [5.74, 6) is 0. The molecule has 0 unspecified atom stereocenters. The van der Waals surface area contributed by atoms with Gasteiger partial charge in [0, 0.05) is 0 Å². The summed E-state index contributed by atoms with van der Waals surface area (Å²) in [6.07, 6.45) is 0. The molecular formula is Co3Mn3N4. The minimum atomic E-state index is 0. The number of nitrogens with zero attached hydrogens (tertiary/aromatic N) is 4. The van der Waals surface area contributed by atoms with Crippen molar-refractivity contribution in [2.45, 2.75) is 0 Å². The van der Waals surface area contributed by atoms with Gasteiger partial charge in [-0.15, -0.1) is 0 Å². The summed E-state index contributed by atoms with van der Waals surface area (Å²) in [6.45, 7) is 0. The first-order valence-electron chi connectivity index (χ1n) is 0. The van der Waals surface area contributed by atoms with Crippen molar-refractivity contribution in [1.82, 2.24) is 0 Å². The summed E-state index contributed by atoms with van der Waals surface area (Å²) in [7, 11) is 0. The molecule has 0 fully saturated rings. The molecule has 0 N–H and O–H groups in total. The van der Waals surface area contributed by atoms with E-state index >= 15 is 0 Å². The Labute approximate surface area is 125 Å². The van der Waals surface area contributed by atoms with Gasteiger partial charge in [-0.3, -0.25) is 0 Å². The smallest absolute Gasteiger partial charge is 2.00 e. The molecule has 0 aliphatic heterocycles. The summed E-state index contributed by atoms with van der Waals surface area (Å²) in [4.78, 5) is 0. The second-order valence-electron chi connectivity index (χ2n) is 0. The molecule has 0 atom stereocenters. The van der Waals surface area contributed by atoms with E-state index in [0.717, 1.165) is 0 Å². The van der Waals surface area contributed by atoms with Crippen molar-refractivity contribution < 1.29 is 102 Å². The minimum absolute atomic E-state index is 0. The fourth-order valence-corrected chi connectivity index (χ4v) is 0. The van der Waals surface area contributed by atoms with Gasteiger partial charge in [0.25, 0.3) is 0 Å². The van der Waals surface area contributed by atoms with E-state index in [9.17, 15) is 0 Å². The number of hydrogen-bond acceptors (Lipinski definition) is 0. The molecule has 6 radical (unpaired) electrons. The zero-order chi connectivity index (χ0) is 0. The maximum absolute atomic E-state index is 0. The Kier molecular flexibility index (Phi) is 3600. The van der Waals surface area contributed by atoms with Gasteiger partial charge in [-0.05, 0) is 0 Å². The third-order valence-corrected chi connectivity index (χ3v) is 0. The molecule has 68 valence electrons. The van der Waals surface area contributed by atoms with Gasteiger partial charge in [-0.1, -0.05) is 0 Å². The van der Waals surface area contributed by atoms with E-state index in [2.05, 4.69) is 0 Å². The molecule has 0 aromatic carbocycles. The minimum Gasteiger partial charge on any atom is -3.00 e. The second kappa shape index (κ2) is 167. The average molecular weight is 398 g/mol. The van der Waals surface area contributed by atoms with Crippen LogP contribution < -0.4 is 0 Å². The monoisotopic (exact) mass is 398 g/mol. The molecule has 0 heterocycles. The molecule has 0 aliphatic carbocycles. The van der Waals surface area contributed by atoms with Crippen LogP contribution >= 0.6 is 0 Å². The van der Waals surface area contributed by atoms with E-state index in [1.54, 1.807) is 0 Å². The topological polar surface area (TPSA) is 122 Å². The Morgan fingerprint density at radius 3 is 0.300 bits per heavy atom. The predicted octanol–water partition coefficient (Wildman–Crippen LogP) is 1.14. The number of hydrogen-bond donors (Lipinski definition) is 0. The molecule has 10 heavy (non-hydrogen) atoms. The van der Waals surface area contributed by atoms with E-state index in [-0.39, 0.29) is 126 Å². The van der Waals surface area contributed by atoms with Crippen molar-refractivity contribution in [2.75, 3.05) is 0 Å². The van der Waals surface area contributed by atoms with Crippen molar-refractivity contribution >= 4 is 0 Å². The van der Waals surface area contributed by atoms with Gasteiger partial charge in [0.2, 0.25) is 0 Å². The zero-order valence-electron chi connectivity index (χ0n) is 3.92. The Morgan fingerprint density at radius 1 is 0.300 bits per heavy atom. The molecular weight excluding hydrogens is 398 g/mol. The molecule has 0 saturated carbocycles. The van der Waals surface area contributed by atoms with Gasteiger partial charge in [0.1, 0.15) is 0 Å². The van der Waals surface area contributed by atoms with Gasteiger partial charge in [0.15, 0.2) is 0 Å².